The molecule has 1 aromatic rings. The minimum Gasteiger partial charge on any atom is -0.315 e. The number of benzene rings is 1. The quantitative estimate of drug-likeness (QED) is 0.230. The Morgan fingerprint density at radius 2 is 1.78 bits per heavy atom. The van der Waals surface area contributed by atoms with Gasteiger partial charge in [-0.2, -0.15) is 13.2 Å². The minimum absolute atomic E-state index is 0.372. The largest absolute Gasteiger partial charge is 0.416 e. The molecule has 4 N–H and O–H groups in total. The van der Waals surface area contributed by atoms with Gasteiger partial charge in [-0.1, -0.05) is 0 Å². The van der Waals surface area contributed by atoms with E-state index in [1.807, 2.05) is 0 Å². The van der Waals surface area contributed by atoms with Gasteiger partial charge in [0.25, 0.3) is 0 Å². The predicted octanol–water partition coefficient (Wildman–Crippen LogP) is 0.773. The van der Waals surface area contributed by atoms with Crippen molar-refractivity contribution >= 4 is 17.5 Å². The zero-order valence-corrected chi connectivity index (χ0v) is 8.64. The molecule has 1 rings (SSSR count). The number of halogens is 4. The molecule has 0 radical (unpaired) electrons. The maximum absolute atomic E-state index is 13.1. The topological polar surface area (TPSA) is 84.2 Å². The fraction of sp³-hybridized carbons (Fsp3) is 0.111. The van der Waals surface area contributed by atoms with Crippen molar-refractivity contribution in [3.8, 4) is 0 Å². The Morgan fingerprint density at radius 1 is 1.17 bits per heavy atom. The summed E-state index contributed by atoms with van der Waals surface area (Å²) in [6.07, 6.45) is -4.69. The number of nitrogens with two attached hydrogens (primary N) is 1. The SMILES string of the molecule is NNC(=O)C(=O)Nc1cc(C(F)(F)F)ccc1F. The molecule has 0 aliphatic rings. The molecule has 2 amide bonds. The molecule has 0 spiro atoms. The molecule has 0 aliphatic carbocycles. The maximum Gasteiger partial charge on any atom is 0.416 e. The molecule has 0 aromatic heterocycles. The van der Waals surface area contributed by atoms with Crippen LogP contribution >= 0.6 is 0 Å². The first-order chi connectivity index (χ1) is 8.25. The summed E-state index contributed by atoms with van der Waals surface area (Å²) in [6.45, 7) is 0. The summed E-state index contributed by atoms with van der Waals surface area (Å²) < 4.78 is 50.1. The van der Waals surface area contributed by atoms with Crippen LogP contribution in [0, 0.1) is 5.82 Å². The number of rotatable bonds is 1. The van der Waals surface area contributed by atoms with E-state index in [2.05, 4.69) is 5.84 Å². The number of hydrazine groups is 1. The van der Waals surface area contributed by atoms with Crippen LogP contribution in [0.2, 0.25) is 0 Å². The van der Waals surface area contributed by atoms with Crippen LogP contribution in [0.4, 0.5) is 23.2 Å². The van der Waals surface area contributed by atoms with Crippen molar-refractivity contribution in [3.63, 3.8) is 0 Å². The number of nitrogens with one attached hydrogen (secondary N) is 2. The van der Waals surface area contributed by atoms with Crippen molar-refractivity contribution in [1.82, 2.24) is 5.43 Å². The van der Waals surface area contributed by atoms with Crippen molar-refractivity contribution in [2.45, 2.75) is 6.18 Å². The molecule has 0 saturated heterocycles. The van der Waals surface area contributed by atoms with Crippen molar-refractivity contribution in [2.75, 3.05) is 5.32 Å². The first kappa shape index (κ1) is 13.9. The van der Waals surface area contributed by atoms with Gasteiger partial charge in [0.05, 0.1) is 11.3 Å². The van der Waals surface area contributed by atoms with Crippen LogP contribution in [0.25, 0.3) is 0 Å². The third kappa shape index (κ3) is 3.17. The van der Waals surface area contributed by atoms with Gasteiger partial charge >= 0.3 is 18.0 Å². The molecule has 0 aliphatic heterocycles. The first-order valence-electron chi connectivity index (χ1n) is 4.44. The molecule has 9 heteroatoms. The fourth-order valence-corrected chi connectivity index (χ4v) is 1.04. The first-order valence-corrected chi connectivity index (χ1v) is 4.44. The van der Waals surface area contributed by atoms with Crippen LogP contribution in [0.15, 0.2) is 18.2 Å². The average Bonchev–Trinajstić information content (AvgIpc) is 2.29. The molecule has 1 aromatic carbocycles. The van der Waals surface area contributed by atoms with Crippen molar-refractivity contribution < 1.29 is 27.2 Å². The number of carbonyl (C=O) groups is 2. The Morgan fingerprint density at radius 3 is 2.28 bits per heavy atom. The van der Waals surface area contributed by atoms with Gasteiger partial charge in [-0.15, -0.1) is 0 Å². The molecule has 5 nitrogen and oxygen atoms in total. The third-order valence-electron chi connectivity index (χ3n) is 1.88. The highest BCUT2D eigenvalue weighted by atomic mass is 19.4. The normalized spacial score (nSPS) is 10.9. The summed E-state index contributed by atoms with van der Waals surface area (Å²) >= 11 is 0. The van der Waals surface area contributed by atoms with Gasteiger partial charge in [-0.3, -0.25) is 15.0 Å². The van der Waals surface area contributed by atoms with Gasteiger partial charge in [-0.25, -0.2) is 10.2 Å². The second-order valence-electron chi connectivity index (χ2n) is 3.12. The number of carbonyl (C=O) groups excluding carboxylic acids is 2. The van der Waals surface area contributed by atoms with E-state index in [1.165, 1.54) is 5.43 Å². The second-order valence-corrected chi connectivity index (χ2v) is 3.12. The lowest BCUT2D eigenvalue weighted by molar-refractivity contribution is -0.137. The van der Waals surface area contributed by atoms with E-state index in [-0.39, 0.29) is 0 Å². The maximum atomic E-state index is 13.1. The molecule has 18 heavy (non-hydrogen) atoms. The van der Waals surface area contributed by atoms with Gasteiger partial charge in [0, 0.05) is 0 Å². The van der Waals surface area contributed by atoms with Crippen LogP contribution in [0.1, 0.15) is 5.56 Å². The molecule has 0 atom stereocenters. The molecular formula is C9H7F4N3O2. The Kier molecular flexibility index (Phi) is 3.86. The average molecular weight is 265 g/mol. The van der Waals surface area contributed by atoms with Crippen molar-refractivity contribution in [1.29, 1.82) is 0 Å². The van der Waals surface area contributed by atoms with Crippen LogP contribution < -0.4 is 16.6 Å². The number of anilines is 1. The van der Waals surface area contributed by atoms with Gasteiger partial charge in [-0.05, 0) is 18.2 Å². The zero-order valence-electron chi connectivity index (χ0n) is 8.64. The number of amides is 2. The van der Waals surface area contributed by atoms with Crippen LogP contribution in [-0.4, -0.2) is 11.8 Å². The predicted molar refractivity (Wildman–Crippen MR) is 52.4 cm³/mol. The van der Waals surface area contributed by atoms with Crippen LogP contribution in [0.5, 0.6) is 0 Å². The summed E-state index contributed by atoms with van der Waals surface area (Å²) in [4.78, 5) is 21.7. The van der Waals surface area contributed by atoms with Crippen LogP contribution in [0.3, 0.4) is 0 Å². The van der Waals surface area contributed by atoms with E-state index in [0.29, 0.717) is 18.2 Å². The molecule has 0 bridgehead atoms. The van der Waals surface area contributed by atoms with Gasteiger partial charge < -0.3 is 5.32 Å². The summed E-state index contributed by atoms with van der Waals surface area (Å²) in [7, 11) is 0. The lowest BCUT2D eigenvalue weighted by Gasteiger charge is -2.10. The lowest BCUT2D eigenvalue weighted by atomic mass is 10.2. The lowest BCUT2D eigenvalue weighted by Crippen LogP contribution is -2.39. The van der Waals surface area contributed by atoms with Gasteiger partial charge in [0.15, 0.2) is 0 Å². The van der Waals surface area contributed by atoms with E-state index in [9.17, 15) is 27.2 Å². The third-order valence-corrected chi connectivity index (χ3v) is 1.88. The summed E-state index contributed by atoms with van der Waals surface area (Å²) in [5.74, 6) is 0.828. The monoisotopic (exact) mass is 265 g/mol. The summed E-state index contributed by atoms with van der Waals surface area (Å²) in [5.41, 5.74) is -0.472. The van der Waals surface area contributed by atoms with E-state index >= 15 is 0 Å². The Balaban J connectivity index is 3.02. The Hall–Kier alpha value is -2.16. The minimum atomic E-state index is -4.69. The molecule has 0 saturated carbocycles. The molecule has 0 heterocycles. The zero-order chi connectivity index (χ0) is 13.9. The number of hydrogen-bond donors (Lipinski definition) is 3. The summed E-state index contributed by atoms with van der Waals surface area (Å²) in [6, 6.07) is 1.41. The standard InChI is InChI=1S/C9H7F4N3O2/c10-5-2-1-4(9(11,12)13)3-6(5)15-7(17)8(18)16-14/h1-3H,14H2,(H,15,17)(H,16,18). The molecular weight excluding hydrogens is 258 g/mol. The van der Waals surface area contributed by atoms with E-state index in [4.69, 9.17) is 0 Å². The van der Waals surface area contributed by atoms with Crippen LogP contribution in [-0.2, 0) is 15.8 Å². The number of alkyl halides is 3. The van der Waals surface area contributed by atoms with E-state index in [0.717, 1.165) is 0 Å². The molecule has 0 fully saturated rings. The highest BCUT2D eigenvalue weighted by Gasteiger charge is 2.31. The van der Waals surface area contributed by atoms with E-state index in [1.54, 1.807) is 5.32 Å². The van der Waals surface area contributed by atoms with Gasteiger partial charge in [0.1, 0.15) is 5.82 Å². The highest BCUT2D eigenvalue weighted by Crippen LogP contribution is 2.31. The van der Waals surface area contributed by atoms with Crippen molar-refractivity contribution in [3.05, 3.63) is 29.6 Å². The second kappa shape index (κ2) is 5.00. The molecule has 98 valence electrons. The highest BCUT2D eigenvalue weighted by molar-refractivity contribution is 6.39. The summed E-state index contributed by atoms with van der Waals surface area (Å²) in [5, 5.41) is 1.67. The van der Waals surface area contributed by atoms with Gasteiger partial charge in [0.2, 0.25) is 0 Å². The Labute approximate surface area is 97.9 Å². The fourth-order valence-electron chi connectivity index (χ4n) is 1.04. The smallest absolute Gasteiger partial charge is 0.315 e. The Bertz CT molecular complexity index is 487. The van der Waals surface area contributed by atoms with E-state index < -0.39 is 35.1 Å². The number of hydrogen-bond acceptors (Lipinski definition) is 3. The van der Waals surface area contributed by atoms with Crippen molar-refractivity contribution in [2.24, 2.45) is 5.84 Å². The molecule has 0 unspecified atom stereocenters.